The maximum atomic E-state index is 14.1. The maximum absolute atomic E-state index is 14.1. The highest BCUT2D eigenvalue weighted by molar-refractivity contribution is 5.94. The lowest BCUT2D eigenvalue weighted by Crippen LogP contribution is -2.60. The number of phenols is 1. The topological polar surface area (TPSA) is 162 Å². The van der Waals surface area contributed by atoms with Gasteiger partial charge in [0.15, 0.2) is 0 Å². The molecule has 4 aromatic carbocycles. The molecule has 0 saturated heterocycles. The quantitative estimate of drug-likeness (QED) is 0.160. The number of benzene rings is 4. The zero-order valence-corrected chi connectivity index (χ0v) is 25.8. The van der Waals surface area contributed by atoms with Crippen LogP contribution in [-0.2, 0) is 51.4 Å². The van der Waals surface area contributed by atoms with Crippen LogP contribution in [0, 0.1) is 0 Å². The minimum atomic E-state index is -1.22. The fourth-order valence-corrected chi connectivity index (χ4v) is 5.82. The summed E-state index contributed by atoms with van der Waals surface area (Å²) in [7, 11) is 0. The van der Waals surface area contributed by atoms with Crippen molar-refractivity contribution in [2.24, 2.45) is 5.73 Å². The number of nitrogens with one attached hydrogen (secondary N) is 2. The summed E-state index contributed by atoms with van der Waals surface area (Å²) in [4.78, 5) is 55.2. The fraction of sp³-hybridized carbons (Fsp3) is 0.243. The second kappa shape index (κ2) is 15.2. The number of nitrogens with two attached hydrogens (primary N) is 1. The van der Waals surface area contributed by atoms with E-state index in [1.807, 2.05) is 60.7 Å². The number of hydrogen-bond acceptors (Lipinski definition) is 6. The number of rotatable bonds is 12. The van der Waals surface area contributed by atoms with Crippen molar-refractivity contribution in [3.8, 4) is 5.75 Å². The molecule has 3 amide bonds. The van der Waals surface area contributed by atoms with Crippen molar-refractivity contribution in [1.82, 2.24) is 15.5 Å². The minimum absolute atomic E-state index is 0.0640. The molecule has 0 radical (unpaired) electrons. The second-order valence-corrected chi connectivity index (χ2v) is 11.8. The Morgan fingerprint density at radius 2 is 1.23 bits per heavy atom. The first kappa shape index (κ1) is 32.9. The Balaban J connectivity index is 1.38. The second-order valence-electron chi connectivity index (χ2n) is 11.8. The highest BCUT2D eigenvalue weighted by Crippen LogP contribution is 2.25. The molecule has 0 spiro atoms. The van der Waals surface area contributed by atoms with Crippen LogP contribution in [0.25, 0.3) is 0 Å². The summed E-state index contributed by atoms with van der Waals surface area (Å²) in [5.74, 6) is -2.72. The first-order valence-electron chi connectivity index (χ1n) is 15.5. The molecule has 0 saturated carbocycles. The third-order valence-corrected chi connectivity index (χ3v) is 8.36. The SMILES string of the molecule is N[C@H](Cc1ccc(O)cc1)C(=O)N1Cc2ccccc2C[C@@H]1C(=O)N[C@H](Cc1ccccc1)C(=O)N[C@H](Cc1ccccc1)C(=O)O. The molecule has 0 unspecified atom stereocenters. The molecule has 242 valence electrons. The van der Waals surface area contributed by atoms with E-state index in [4.69, 9.17) is 5.73 Å². The van der Waals surface area contributed by atoms with Crippen molar-refractivity contribution in [3.63, 3.8) is 0 Å². The largest absolute Gasteiger partial charge is 0.508 e. The third-order valence-electron chi connectivity index (χ3n) is 8.36. The van der Waals surface area contributed by atoms with Gasteiger partial charge in [0.1, 0.15) is 23.9 Å². The van der Waals surface area contributed by atoms with Crippen molar-refractivity contribution in [1.29, 1.82) is 0 Å². The zero-order chi connectivity index (χ0) is 33.3. The van der Waals surface area contributed by atoms with E-state index in [0.29, 0.717) is 0 Å². The number of hydrogen-bond donors (Lipinski definition) is 5. The van der Waals surface area contributed by atoms with Crippen molar-refractivity contribution < 1.29 is 29.4 Å². The van der Waals surface area contributed by atoms with E-state index in [1.54, 1.807) is 36.4 Å². The van der Waals surface area contributed by atoms with Crippen LogP contribution in [0.1, 0.15) is 27.8 Å². The van der Waals surface area contributed by atoms with Gasteiger partial charge in [0.2, 0.25) is 17.7 Å². The van der Waals surface area contributed by atoms with E-state index in [-0.39, 0.29) is 38.0 Å². The monoisotopic (exact) mass is 634 g/mol. The van der Waals surface area contributed by atoms with Gasteiger partial charge in [-0.3, -0.25) is 14.4 Å². The molecule has 10 nitrogen and oxygen atoms in total. The average Bonchev–Trinajstić information content (AvgIpc) is 3.08. The van der Waals surface area contributed by atoms with Crippen LogP contribution in [-0.4, -0.2) is 63.0 Å². The smallest absolute Gasteiger partial charge is 0.326 e. The molecule has 0 fully saturated rings. The first-order valence-corrected chi connectivity index (χ1v) is 15.5. The maximum Gasteiger partial charge on any atom is 0.326 e. The highest BCUT2D eigenvalue weighted by atomic mass is 16.4. The van der Waals surface area contributed by atoms with E-state index >= 15 is 0 Å². The number of aromatic hydroxyl groups is 1. The molecule has 1 aliphatic heterocycles. The Labute approximate surface area is 273 Å². The summed E-state index contributed by atoms with van der Waals surface area (Å²) in [5.41, 5.74) is 10.4. The molecule has 47 heavy (non-hydrogen) atoms. The van der Waals surface area contributed by atoms with Crippen LogP contribution in [0.15, 0.2) is 109 Å². The molecule has 1 heterocycles. The van der Waals surface area contributed by atoms with Crippen LogP contribution in [0.3, 0.4) is 0 Å². The number of carbonyl (C=O) groups excluding carboxylic acids is 3. The van der Waals surface area contributed by atoms with Crippen LogP contribution in [0.5, 0.6) is 5.75 Å². The van der Waals surface area contributed by atoms with Crippen molar-refractivity contribution in [2.75, 3.05) is 0 Å². The lowest BCUT2D eigenvalue weighted by atomic mass is 9.92. The average molecular weight is 635 g/mol. The molecule has 4 aromatic rings. The summed E-state index contributed by atoms with van der Waals surface area (Å²) in [6.45, 7) is 0.157. The predicted molar refractivity (Wildman–Crippen MR) is 176 cm³/mol. The van der Waals surface area contributed by atoms with Gasteiger partial charge in [-0.15, -0.1) is 0 Å². The van der Waals surface area contributed by atoms with Crippen LogP contribution >= 0.6 is 0 Å². The Morgan fingerprint density at radius 1 is 0.702 bits per heavy atom. The number of carbonyl (C=O) groups is 4. The summed E-state index contributed by atoms with van der Waals surface area (Å²) >= 11 is 0. The molecule has 4 atom stereocenters. The van der Waals surface area contributed by atoms with E-state index in [1.165, 1.54) is 17.0 Å². The molecule has 6 N–H and O–H groups in total. The number of aliphatic carboxylic acids is 1. The number of fused-ring (bicyclic) bond motifs is 1. The highest BCUT2D eigenvalue weighted by Gasteiger charge is 2.38. The Bertz CT molecular complexity index is 1700. The molecule has 0 aliphatic carbocycles. The predicted octanol–water partition coefficient (Wildman–Crippen LogP) is 2.76. The summed E-state index contributed by atoms with van der Waals surface area (Å²) in [5, 5.41) is 25.0. The van der Waals surface area contributed by atoms with Crippen LogP contribution in [0.4, 0.5) is 0 Å². The normalized spacial score (nSPS) is 15.9. The molecule has 10 heteroatoms. The van der Waals surface area contributed by atoms with Gasteiger partial charge in [-0.05, 0) is 46.4 Å². The van der Waals surface area contributed by atoms with Gasteiger partial charge < -0.3 is 31.5 Å². The van der Waals surface area contributed by atoms with Gasteiger partial charge in [-0.1, -0.05) is 97.1 Å². The Morgan fingerprint density at radius 3 is 1.83 bits per heavy atom. The van der Waals surface area contributed by atoms with Gasteiger partial charge in [-0.25, -0.2) is 4.79 Å². The minimum Gasteiger partial charge on any atom is -0.508 e. The lowest BCUT2D eigenvalue weighted by molar-refractivity contribution is -0.144. The van der Waals surface area contributed by atoms with Gasteiger partial charge in [0.05, 0.1) is 6.04 Å². The number of amides is 3. The molecule has 0 bridgehead atoms. The molecule has 5 rings (SSSR count). The van der Waals surface area contributed by atoms with Gasteiger partial charge in [0.25, 0.3) is 0 Å². The third kappa shape index (κ3) is 8.62. The van der Waals surface area contributed by atoms with Crippen LogP contribution < -0.4 is 16.4 Å². The fourth-order valence-electron chi connectivity index (χ4n) is 5.82. The van der Waals surface area contributed by atoms with E-state index in [0.717, 1.165) is 27.8 Å². The van der Waals surface area contributed by atoms with E-state index < -0.39 is 47.9 Å². The molecule has 1 aliphatic rings. The van der Waals surface area contributed by atoms with Crippen molar-refractivity contribution in [3.05, 3.63) is 137 Å². The van der Waals surface area contributed by atoms with E-state index in [2.05, 4.69) is 10.6 Å². The Hall–Kier alpha value is -5.48. The molecular weight excluding hydrogens is 596 g/mol. The molecular formula is C37H38N4O6. The summed E-state index contributed by atoms with van der Waals surface area (Å²) in [6.07, 6.45) is 0.579. The van der Waals surface area contributed by atoms with Gasteiger partial charge in [0, 0.05) is 25.8 Å². The summed E-state index contributed by atoms with van der Waals surface area (Å²) < 4.78 is 0. The zero-order valence-electron chi connectivity index (χ0n) is 25.8. The van der Waals surface area contributed by atoms with E-state index in [9.17, 15) is 29.4 Å². The number of nitrogens with zero attached hydrogens (tertiary/aromatic N) is 1. The number of carboxylic acid groups (broad SMARTS) is 1. The lowest BCUT2D eigenvalue weighted by Gasteiger charge is -2.38. The Kier molecular flexibility index (Phi) is 10.6. The van der Waals surface area contributed by atoms with Gasteiger partial charge in [-0.2, -0.15) is 0 Å². The van der Waals surface area contributed by atoms with Crippen molar-refractivity contribution in [2.45, 2.75) is 56.4 Å². The summed E-state index contributed by atoms with van der Waals surface area (Å²) in [6, 6.07) is 27.8. The molecule has 0 aromatic heterocycles. The first-order chi connectivity index (χ1) is 22.7. The van der Waals surface area contributed by atoms with Crippen molar-refractivity contribution >= 4 is 23.7 Å². The number of phenolic OH excluding ortho intramolecular Hbond substituents is 1. The number of carboxylic acids is 1. The van der Waals surface area contributed by atoms with Gasteiger partial charge >= 0.3 is 5.97 Å². The standard InChI is InChI=1S/C37H38N4O6/c38-30(19-26-15-17-29(42)18-16-26)36(45)41-23-28-14-8-7-13-27(28)22-33(41)35(44)39-31(20-24-9-3-1-4-10-24)34(43)40-32(37(46)47)21-25-11-5-2-6-12-25/h1-18,30-33,42H,19-23,38H2,(H,39,44)(H,40,43)(H,46,47)/t30-,31-,32-,33-/m1/s1. The van der Waals surface area contributed by atoms with Crippen LogP contribution in [0.2, 0.25) is 0 Å².